The van der Waals surface area contributed by atoms with Crippen LogP contribution in [0.3, 0.4) is 0 Å². The number of hydrogen-bond donors (Lipinski definition) is 3. The molecular weight excluding hydrogens is 446 g/mol. The van der Waals surface area contributed by atoms with Gasteiger partial charge in [0.2, 0.25) is 17.7 Å². The van der Waals surface area contributed by atoms with Crippen LogP contribution in [0, 0.1) is 23.7 Å². The van der Waals surface area contributed by atoms with Crippen LogP contribution in [0.2, 0.25) is 0 Å². The SMILES string of the molecule is CCCNC(=O)[C@H]1[C@H]2C(=O)N([C@@H](CO)C(C)C)C(C(=O)NCc3ccccc3)C23CC(C)[C@]1(C)O3. The molecule has 35 heavy (non-hydrogen) atoms. The van der Waals surface area contributed by atoms with Crippen molar-refractivity contribution < 1.29 is 24.2 Å². The normalized spacial score (nSPS) is 34.3. The minimum absolute atomic E-state index is 0.0140. The second kappa shape index (κ2) is 9.54. The molecule has 3 N–H and O–H groups in total. The van der Waals surface area contributed by atoms with E-state index in [0.717, 1.165) is 12.0 Å². The van der Waals surface area contributed by atoms with Crippen LogP contribution in [0.15, 0.2) is 30.3 Å². The first-order chi connectivity index (χ1) is 16.6. The van der Waals surface area contributed by atoms with Gasteiger partial charge in [-0.1, -0.05) is 58.0 Å². The van der Waals surface area contributed by atoms with E-state index in [1.165, 1.54) is 4.90 Å². The Morgan fingerprint density at radius 3 is 2.49 bits per heavy atom. The van der Waals surface area contributed by atoms with Crippen LogP contribution < -0.4 is 10.6 Å². The number of likely N-dealkylation sites (tertiary alicyclic amines) is 1. The van der Waals surface area contributed by atoms with Crippen LogP contribution in [0.5, 0.6) is 0 Å². The number of carbonyl (C=O) groups is 3. The number of nitrogens with one attached hydrogen (secondary N) is 2. The van der Waals surface area contributed by atoms with Gasteiger partial charge in [-0.05, 0) is 37.2 Å². The summed E-state index contributed by atoms with van der Waals surface area (Å²) in [6.45, 7) is 10.3. The summed E-state index contributed by atoms with van der Waals surface area (Å²) < 4.78 is 6.69. The lowest BCUT2D eigenvalue weighted by molar-refractivity contribution is -0.152. The third-order valence-electron chi connectivity index (χ3n) is 8.46. The van der Waals surface area contributed by atoms with Gasteiger partial charge < -0.3 is 25.4 Å². The van der Waals surface area contributed by atoms with Gasteiger partial charge in [-0.15, -0.1) is 0 Å². The molecule has 7 atom stereocenters. The van der Waals surface area contributed by atoms with E-state index in [0.29, 0.717) is 19.5 Å². The van der Waals surface area contributed by atoms with E-state index in [1.807, 2.05) is 65.0 Å². The summed E-state index contributed by atoms with van der Waals surface area (Å²) in [4.78, 5) is 42.8. The summed E-state index contributed by atoms with van der Waals surface area (Å²) in [6.07, 6.45) is 1.29. The number of fused-ring (bicyclic) bond motifs is 1. The van der Waals surface area contributed by atoms with Gasteiger partial charge in [-0.2, -0.15) is 0 Å². The molecule has 0 aromatic heterocycles. The van der Waals surface area contributed by atoms with Gasteiger partial charge in [0.25, 0.3) is 0 Å². The van der Waals surface area contributed by atoms with Gasteiger partial charge in [0, 0.05) is 13.1 Å². The second-order valence-electron chi connectivity index (χ2n) is 10.9. The molecule has 0 aliphatic carbocycles. The molecular formula is C27H39N3O5. The molecule has 3 unspecified atom stereocenters. The molecule has 192 valence electrons. The maximum absolute atomic E-state index is 14.1. The lowest BCUT2D eigenvalue weighted by Crippen LogP contribution is -2.59. The molecule has 3 heterocycles. The Morgan fingerprint density at radius 2 is 1.89 bits per heavy atom. The molecule has 3 aliphatic heterocycles. The zero-order valence-corrected chi connectivity index (χ0v) is 21.4. The average molecular weight is 486 g/mol. The number of aliphatic hydroxyl groups is 1. The van der Waals surface area contributed by atoms with Crippen molar-refractivity contribution >= 4 is 17.7 Å². The van der Waals surface area contributed by atoms with E-state index in [1.54, 1.807) is 0 Å². The van der Waals surface area contributed by atoms with Gasteiger partial charge in [0.15, 0.2) is 0 Å². The summed E-state index contributed by atoms with van der Waals surface area (Å²) in [7, 11) is 0. The number of benzene rings is 1. The van der Waals surface area contributed by atoms with Crippen molar-refractivity contribution in [3.05, 3.63) is 35.9 Å². The molecule has 3 aliphatic rings. The van der Waals surface area contributed by atoms with E-state index >= 15 is 0 Å². The number of nitrogens with zero attached hydrogens (tertiary/aromatic N) is 1. The Labute approximate surface area is 207 Å². The largest absolute Gasteiger partial charge is 0.394 e. The van der Waals surface area contributed by atoms with Gasteiger partial charge in [0.05, 0.1) is 30.1 Å². The molecule has 8 nitrogen and oxygen atoms in total. The highest BCUT2D eigenvalue weighted by Crippen LogP contribution is 2.65. The van der Waals surface area contributed by atoms with Gasteiger partial charge in [-0.3, -0.25) is 14.4 Å². The number of carbonyl (C=O) groups excluding carboxylic acids is 3. The minimum atomic E-state index is -1.11. The number of amides is 3. The Bertz CT molecular complexity index is 969. The number of aliphatic hydroxyl groups excluding tert-OH is 1. The zero-order valence-electron chi connectivity index (χ0n) is 21.4. The maximum atomic E-state index is 14.1. The summed E-state index contributed by atoms with van der Waals surface area (Å²) in [5, 5.41) is 16.2. The van der Waals surface area contributed by atoms with Crippen LogP contribution >= 0.6 is 0 Å². The minimum Gasteiger partial charge on any atom is -0.394 e. The van der Waals surface area contributed by atoms with Crippen molar-refractivity contribution in [3.63, 3.8) is 0 Å². The van der Waals surface area contributed by atoms with Crippen LogP contribution in [0.25, 0.3) is 0 Å². The molecule has 2 bridgehead atoms. The monoisotopic (exact) mass is 485 g/mol. The lowest BCUT2D eigenvalue weighted by Gasteiger charge is -2.38. The molecule has 4 rings (SSSR count). The van der Waals surface area contributed by atoms with E-state index in [9.17, 15) is 19.5 Å². The first kappa shape index (κ1) is 25.6. The number of rotatable bonds is 9. The third kappa shape index (κ3) is 3.95. The number of hydrogen-bond acceptors (Lipinski definition) is 5. The third-order valence-corrected chi connectivity index (χ3v) is 8.46. The van der Waals surface area contributed by atoms with Crippen molar-refractivity contribution in [2.75, 3.05) is 13.2 Å². The molecule has 0 radical (unpaired) electrons. The Balaban J connectivity index is 1.74. The molecule has 3 fully saturated rings. The summed E-state index contributed by atoms with van der Waals surface area (Å²) in [5.74, 6) is -2.33. The predicted octanol–water partition coefficient (Wildman–Crippen LogP) is 1.86. The smallest absolute Gasteiger partial charge is 0.246 e. The van der Waals surface area contributed by atoms with Crippen molar-refractivity contribution in [1.29, 1.82) is 0 Å². The Morgan fingerprint density at radius 1 is 1.20 bits per heavy atom. The van der Waals surface area contributed by atoms with E-state index in [-0.39, 0.29) is 36.2 Å². The van der Waals surface area contributed by atoms with Crippen LogP contribution in [0.1, 0.15) is 53.0 Å². The molecule has 3 saturated heterocycles. The van der Waals surface area contributed by atoms with E-state index in [4.69, 9.17) is 4.74 Å². The van der Waals surface area contributed by atoms with Crippen molar-refractivity contribution in [2.24, 2.45) is 23.7 Å². The van der Waals surface area contributed by atoms with Crippen molar-refractivity contribution in [3.8, 4) is 0 Å². The fraction of sp³-hybridized carbons (Fsp3) is 0.667. The quantitative estimate of drug-likeness (QED) is 0.495. The van der Waals surface area contributed by atoms with Gasteiger partial charge in [0.1, 0.15) is 11.6 Å². The Kier molecular flexibility index (Phi) is 6.99. The maximum Gasteiger partial charge on any atom is 0.246 e. The molecule has 8 heteroatoms. The molecule has 1 spiro atoms. The van der Waals surface area contributed by atoms with Crippen molar-refractivity contribution in [2.45, 2.75) is 77.3 Å². The fourth-order valence-electron chi connectivity index (χ4n) is 6.59. The van der Waals surface area contributed by atoms with Crippen LogP contribution in [-0.2, 0) is 25.7 Å². The highest BCUT2D eigenvalue weighted by molar-refractivity contribution is 5.99. The van der Waals surface area contributed by atoms with Crippen LogP contribution in [-0.4, -0.2) is 64.2 Å². The average Bonchev–Trinajstić information content (AvgIpc) is 3.34. The van der Waals surface area contributed by atoms with Crippen LogP contribution in [0.4, 0.5) is 0 Å². The summed E-state index contributed by atoms with van der Waals surface area (Å²) in [6, 6.07) is 8.11. The van der Waals surface area contributed by atoms with Gasteiger partial charge >= 0.3 is 0 Å². The fourth-order valence-corrected chi connectivity index (χ4v) is 6.59. The van der Waals surface area contributed by atoms with Gasteiger partial charge in [-0.25, -0.2) is 0 Å². The Hall–Kier alpha value is -2.45. The standard InChI is InChI=1S/C27H39N3O5/c1-6-12-28-23(32)20-21-25(34)30(19(15-31)16(2)3)22(27(21)13-17(4)26(20,5)35-27)24(33)29-14-18-10-8-7-9-11-18/h7-11,16-17,19-22,31H,6,12-15H2,1-5H3,(H,28,32)(H,29,33)/t17?,19-,20+,21-,22?,26-,27?/m0/s1. The topological polar surface area (TPSA) is 108 Å². The number of ether oxygens (including phenoxy) is 1. The molecule has 3 amide bonds. The lowest BCUT2D eigenvalue weighted by atomic mass is 9.62. The second-order valence-corrected chi connectivity index (χ2v) is 10.9. The highest BCUT2D eigenvalue weighted by Gasteiger charge is 2.80. The first-order valence-electron chi connectivity index (χ1n) is 12.8. The van der Waals surface area contributed by atoms with Crippen molar-refractivity contribution in [1.82, 2.24) is 15.5 Å². The first-order valence-corrected chi connectivity index (χ1v) is 12.8. The molecule has 0 saturated carbocycles. The van der Waals surface area contributed by atoms with E-state index < -0.39 is 35.1 Å². The van der Waals surface area contributed by atoms with E-state index in [2.05, 4.69) is 10.6 Å². The summed E-state index contributed by atoms with van der Waals surface area (Å²) in [5.41, 5.74) is -1.00. The summed E-state index contributed by atoms with van der Waals surface area (Å²) >= 11 is 0. The zero-order chi connectivity index (χ0) is 25.5. The molecule has 1 aromatic rings. The molecule has 1 aromatic carbocycles. The highest BCUT2D eigenvalue weighted by atomic mass is 16.5. The predicted molar refractivity (Wildman–Crippen MR) is 131 cm³/mol.